The third kappa shape index (κ3) is 2.57. The van der Waals surface area contributed by atoms with Gasteiger partial charge in [0.15, 0.2) is 0 Å². The molecule has 1 unspecified atom stereocenters. The predicted molar refractivity (Wildman–Crippen MR) is 68.2 cm³/mol. The van der Waals surface area contributed by atoms with Crippen molar-refractivity contribution in [2.45, 2.75) is 19.4 Å². The van der Waals surface area contributed by atoms with Crippen LogP contribution < -0.4 is 5.73 Å². The molecule has 3 heteroatoms. The van der Waals surface area contributed by atoms with E-state index in [-0.39, 0.29) is 18.1 Å². The van der Waals surface area contributed by atoms with Crippen LogP contribution in [0, 0.1) is 18.6 Å². The molecule has 0 fully saturated rings. The summed E-state index contributed by atoms with van der Waals surface area (Å²) in [6.45, 7) is 1.69. The zero-order chi connectivity index (χ0) is 13.1. The van der Waals surface area contributed by atoms with Gasteiger partial charge in [-0.05, 0) is 30.5 Å². The van der Waals surface area contributed by atoms with Crippen LogP contribution in [0.1, 0.15) is 22.7 Å². The molecular formula is C15H15F2N. The molecule has 18 heavy (non-hydrogen) atoms. The summed E-state index contributed by atoms with van der Waals surface area (Å²) in [5, 5.41) is 0. The summed E-state index contributed by atoms with van der Waals surface area (Å²) in [5.74, 6) is -0.609. The second-order valence-electron chi connectivity index (χ2n) is 4.38. The van der Waals surface area contributed by atoms with E-state index in [0.29, 0.717) is 16.7 Å². The van der Waals surface area contributed by atoms with Crippen LogP contribution in [0.4, 0.5) is 8.78 Å². The summed E-state index contributed by atoms with van der Waals surface area (Å²) in [7, 11) is 0. The smallest absolute Gasteiger partial charge is 0.130 e. The molecule has 2 N–H and O–H groups in total. The summed E-state index contributed by atoms with van der Waals surface area (Å²) >= 11 is 0. The summed E-state index contributed by atoms with van der Waals surface area (Å²) in [5.41, 5.74) is 7.45. The van der Waals surface area contributed by atoms with Crippen molar-refractivity contribution < 1.29 is 8.78 Å². The molecule has 0 heterocycles. The third-order valence-electron chi connectivity index (χ3n) is 3.02. The molecule has 2 aromatic rings. The fourth-order valence-electron chi connectivity index (χ4n) is 1.97. The molecule has 1 nitrogen and oxygen atoms in total. The first-order chi connectivity index (χ1) is 8.59. The van der Waals surface area contributed by atoms with Crippen LogP contribution in [0.5, 0.6) is 0 Å². The van der Waals surface area contributed by atoms with Crippen molar-refractivity contribution in [2.24, 2.45) is 5.73 Å². The van der Waals surface area contributed by atoms with Crippen molar-refractivity contribution in [1.29, 1.82) is 0 Å². The number of rotatable bonds is 3. The van der Waals surface area contributed by atoms with E-state index in [4.69, 9.17) is 5.73 Å². The minimum atomic E-state index is -0.540. The van der Waals surface area contributed by atoms with Crippen LogP contribution in [0.2, 0.25) is 0 Å². The Morgan fingerprint density at radius 3 is 2.50 bits per heavy atom. The topological polar surface area (TPSA) is 26.0 Å². The van der Waals surface area contributed by atoms with E-state index in [1.807, 2.05) is 0 Å². The van der Waals surface area contributed by atoms with Gasteiger partial charge in [-0.1, -0.05) is 36.4 Å². The van der Waals surface area contributed by atoms with E-state index in [1.165, 1.54) is 6.07 Å². The monoisotopic (exact) mass is 247 g/mol. The highest BCUT2D eigenvalue weighted by molar-refractivity contribution is 5.29. The van der Waals surface area contributed by atoms with Crippen LogP contribution in [0.25, 0.3) is 0 Å². The van der Waals surface area contributed by atoms with Crippen molar-refractivity contribution in [2.75, 3.05) is 0 Å². The van der Waals surface area contributed by atoms with Crippen LogP contribution >= 0.6 is 0 Å². The highest BCUT2D eigenvalue weighted by Crippen LogP contribution is 2.22. The van der Waals surface area contributed by atoms with Crippen molar-refractivity contribution in [3.05, 3.63) is 70.8 Å². The lowest BCUT2D eigenvalue weighted by Crippen LogP contribution is -2.16. The molecule has 0 spiro atoms. The Balaban J connectivity index is 2.25. The zero-order valence-corrected chi connectivity index (χ0v) is 10.2. The summed E-state index contributed by atoms with van der Waals surface area (Å²) < 4.78 is 27.4. The van der Waals surface area contributed by atoms with Gasteiger partial charge in [-0.2, -0.15) is 0 Å². The molecule has 0 bridgehead atoms. The highest BCUT2D eigenvalue weighted by atomic mass is 19.1. The molecule has 0 aromatic heterocycles. The lowest BCUT2D eigenvalue weighted by atomic mass is 9.97. The van der Waals surface area contributed by atoms with Crippen LogP contribution in [-0.2, 0) is 6.42 Å². The Morgan fingerprint density at radius 1 is 1.06 bits per heavy atom. The minimum absolute atomic E-state index is 0.285. The lowest BCUT2D eigenvalue weighted by Gasteiger charge is -2.14. The Labute approximate surface area is 105 Å². The van der Waals surface area contributed by atoms with Gasteiger partial charge in [-0.25, -0.2) is 8.78 Å². The quantitative estimate of drug-likeness (QED) is 0.882. The highest BCUT2D eigenvalue weighted by Gasteiger charge is 2.14. The molecule has 94 valence electrons. The molecule has 0 aliphatic rings. The first kappa shape index (κ1) is 12.7. The third-order valence-corrected chi connectivity index (χ3v) is 3.02. The number of halogens is 2. The SMILES string of the molecule is Cc1cccc(C(N)Cc2ccccc2F)c1F. The van der Waals surface area contributed by atoms with Crippen molar-refractivity contribution >= 4 is 0 Å². The van der Waals surface area contributed by atoms with Gasteiger partial charge in [0.05, 0.1) is 0 Å². The fourth-order valence-corrected chi connectivity index (χ4v) is 1.97. The molecule has 1 atom stereocenters. The van der Waals surface area contributed by atoms with Crippen molar-refractivity contribution in [3.8, 4) is 0 Å². The van der Waals surface area contributed by atoms with Gasteiger partial charge in [0, 0.05) is 11.6 Å². The van der Waals surface area contributed by atoms with Crippen LogP contribution in [0.3, 0.4) is 0 Å². The van der Waals surface area contributed by atoms with E-state index in [2.05, 4.69) is 0 Å². The molecule has 2 rings (SSSR count). The fraction of sp³-hybridized carbons (Fsp3) is 0.200. The van der Waals surface area contributed by atoms with E-state index >= 15 is 0 Å². The molecule has 0 aliphatic heterocycles. The van der Waals surface area contributed by atoms with E-state index in [1.54, 1.807) is 43.3 Å². The Morgan fingerprint density at radius 2 is 1.78 bits per heavy atom. The molecule has 0 aliphatic carbocycles. The Hall–Kier alpha value is -1.74. The van der Waals surface area contributed by atoms with Crippen molar-refractivity contribution in [1.82, 2.24) is 0 Å². The molecule has 0 amide bonds. The number of benzene rings is 2. The van der Waals surface area contributed by atoms with Gasteiger partial charge in [0.2, 0.25) is 0 Å². The number of aryl methyl sites for hydroxylation is 1. The molecule has 0 saturated carbocycles. The maximum absolute atomic E-state index is 13.9. The van der Waals surface area contributed by atoms with Gasteiger partial charge < -0.3 is 5.73 Å². The molecular weight excluding hydrogens is 232 g/mol. The summed E-state index contributed by atoms with van der Waals surface area (Å²) in [6, 6.07) is 11.0. The standard InChI is InChI=1S/C15H15F2N/c1-10-5-4-7-12(15(10)17)14(18)9-11-6-2-3-8-13(11)16/h2-8,14H,9,18H2,1H3. The lowest BCUT2D eigenvalue weighted by molar-refractivity contribution is 0.559. The number of hydrogen-bond acceptors (Lipinski definition) is 1. The van der Waals surface area contributed by atoms with Gasteiger partial charge in [0.1, 0.15) is 11.6 Å². The van der Waals surface area contributed by atoms with E-state index in [0.717, 1.165) is 0 Å². The zero-order valence-electron chi connectivity index (χ0n) is 10.2. The average Bonchev–Trinajstić information content (AvgIpc) is 2.35. The van der Waals surface area contributed by atoms with Gasteiger partial charge in [-0.3, -0.25) is 0 Å². The Bertz CT molecular complexity index is 552. The van der Waals surface area contributed by atoms with Gasteiger partial charge in [0.25, 0.3) is 0 Å². The van der Waals surface area contributed by atoms with Gasteiger partial charge >= 0.3 is 0 Å². The molecule has 2 aromatic carbocycles. The number of hydrogen-bond donors (Lipinski definition) is 1. The maximum atomic E-state index is 13.9. The second-order valence-corrected chi connectivity index (χ2v) is 4.38. The first-order valence-corrected chi connectivity index (χ1v) is 5.83. The maximum Gasteiger partial charge on any atom is 0.130 e. The first-order valence-electron chi connectivity index (χ1n) is 5.83. The predicted octanol–water partition coefficient (Wildman–Crippen LogP) is 3.52. The molecule has 0 radical (unpaired) electrons. The van der Waals surface area contributed by atoms with Crippen molar-refractivity contribution in [3.63, 3.8) is 0 Å². The van der Waals surface area contributed by atoms with E-state index in [9.17, 15) is 8.78 Å². The van der Waals surface area contributed by atoms with Crippen LogP contribution in [-0.4, -0.2) is 0 Å². The minimum Gasteiger partial charge on any atom is -0.324 e. The average molecular weight is 247 g/mol. The number of nitrogens with two attached hydrogens (primary N) is 1. The normalized spacial score (nSPS) is 12.4. The summed E-state index contributed by atoms with van der Waals surface area (Å²) in [6.07, 6.45) is 0.285. The Kier molecular flexibility index (Phi) is 3.72. The molecule has 0 saturated heterocycles. The second kappa shape index (κ2) is 5.27. The largest absolute Gasteiger partial charge is 0.324 e. The van der Waals surface area contributed by atoms with Gasteiger partial charge in [-0.15, -0.1) is 0 Å². The van der Waals surface area contributed by atoms with E-state index < -0.39 is 6.04 Å². The summed E-state index contributed by atoms with van der Waals surface area (Å²) in [4.78, 5) is 0. The van der Waals surface area contributed by atoms with Crippen LogP contribution in [0.15, 0.2) is 42.5 Å².